The number of ether oxygens (including phenoxy) is 1. The number of allylic oxidation sites excluding steroid dienone is 1. The fourth-order valence-electron chi connectivity index (χ4n) is 3.01. The largest absolute Gasteiger partial charge is 0.381 e. The Morgan fingerprint density at radius 2 is 2.43 bits per heavy atom. The fraction of sp³-hybridized carbons (Fsp3) is 0.625. The van der Waals surface area contributed by atoms with Crippen LogP contribution in [0, 0.1) is 5.92 Å². The number of rotatable bonds is 5. The highest BCUT2D eigenvalue weighted by Gasteiger charge is 2.18. The number of amides is 1. The van der Waals surface area contributed by atoms with Crippen LogP contribution < -0.4 is 5.32 Å². The average Bonchev–Trinajstić information content (AvgIpc) is 3.13. The zero-order chi connectivity index (χ0) is 14.5. The molecule has 3 rings (SSSR count). The summed E-state index contributed by atoms with van der Waals surface area (Å²) in [4.78, 5) is 12.2. The van der Waals surface area contributed by atoms with E-state index in [2.05, 4.69) is 16.5 Å². The average molecular weight is 289 g/mol. The van der Waals surface area contributed by atoms with E-state index in [0.29, 0.717) is 12.3 Å². The lowest BCUT2D eigenvalue weighted by Crippen LogP contribution is -2.19. The van der Waals surface area contributed by atoms with Crippen LogP contribution in [0.3, 0.4) is 0 Å². The number of nitrogens with one attached hydrogen (secondary N) is 1. The van der Waals surface area contributed by atoms with Gasteiger partial charge in [0.2, 0.25) is 5.91 Å². The Kier molecular flexibility index (Phi) is 4.70. The molecule has 1 saturated heterocycles. The Balaban J connectivity index is 1.55. The molecule has 0 unspecified atom stereocenters. The minimum absolute atomic E-state index is 0.0626. The molecule has 0 radical (unpaired) electrons. The van der Waals surface area contributed by atoms with Crippen molar-refractivity contribution in [2.45, 2.75) is 45.1 Å². The third-order valence-electron chi connectivity index (χ3n) is 4.21. The summed E-state index contributed by atoms with van der Waals surface area (Å²) in [5, 5.41) is 7.30. The van der Waals surface area contributed by atoms with E-state index in [1.165, 1.54) is 18.4 Å². The topological polar surface area (TPSA) is 56.2 Å². The van der Waals surface area contributed by atoms with Crippen LogP contribution in [0.1, 0.15) is 38.5 Å². The predicted molar refractivity (Wildman–Crippen MR) is 81.0 cm³/mol. The van der Waals surface area contributed by atoms with E-state index in [-0.39, 0.29) is 5.91 Å². The van der Waals surface area contributed by atoms with E-state index in [4.69, 9.17) is 4.74 Å². The minimum Gasteiger partial charge on any atom is -0.381 e. The summed E-state index contributed by atoms with van der Waals surface area (Å²) < 4.78 is 7.27. The van der Waals surface area contributed by atoms with Crippen LogP contribution in [0.5, 0.6) is 0 Å². The zero-order valence-corrected chi connectivity index (χ0v) is 12.4. The number of hydrogen-bond acceptors (Lipinski definition) is 3. The van der Waals surface area contributed by atoms with E-state index in [0.717, 1.165) is 44.8 Å². The van der Waals surface area contributed by atoms with Crippen molar-refractivity contribution >= 4 is 11.7 Å². The van der Waals surface area contributed by atoms with Gasteiger partial charge in [0, 0.05) is 31.6 Å². The third kappa shape index (κ3) is 3.94. The van der Waals surface area contributed by atoms with Crippen LogP contribution in [-0.4, -0.2) is 28.9 Å². The molecule has 21 heavy (non-hydrogen) atoms. The van der Waals surface area contributed by atoms with Gasteiger partial charge in [0.25, 0.3) is 0 Å². The molecular formula is C16H23N3O2. The number of carbonyl (C=O) groups is 1. The molecule has 2 heterocycles. The van der Waals surface area contributed by atoms with Crippen LogP contribution in [0.25, 0.3) is 0 Å². The van der Waals surface area contributed by atoms with Gasteiger partial charge >= 0.3 is 0 Å². The molecule has 5 nitrogen and oxygen atoms in total. The monoisotopic (exact) mass is 289 g/mol. The summed E-state index contributed by atoms with van der Waals surface area (Å²) in [5.41, 5.74) is 1.27. The molecule has 1 aromatic heterocycles. The van der Waals surface area contributed by atoms with E-state index in [1.54, 1.807) is 6.20 Å². The maximum atomic E-state index is 12.2. The summed E-state index contributed by atoms with van der Waals surface area (Å²) in [6.07, 6.45) is 10.2. The second-order valence-corrected chi connectivity index (χ2v) is 5.96. The molecule has 5 heteroatoms. The molecule has 1 N–H and O–H groups in total. The van der Waals surface area contributed by atoms with Gasteiger partial charge in [-0.2, -0.15) is 5.10 Å². The normalized spacial score (nSPS) is 22.1. The highest BCUT2D eigenvalue weighted by atomic mass is 16.5. The van der Waals surface area contributed by atoms with E-state index < -0.39 is 0 Å². The highest BCUT2D eigenvalue weighted by molar-refractivity contribution is 5.91. The molecule has 1 aromatic rings. The van der Waals surface area contributed by atoms with Gasteiger partial charge in [-0.25, -0.2) is 4.68 Å². The molecule has 114 valence electrons. The number of nitrogens with zero attached hydrogens (tertiary/aromatic N) is 2. The fourth-order valence-corrected chi connectivity index (χ4v) is 3.01. The van der Waals surface area contributed by atoms with Crippen LogP contribution >= 0.6 is 0 Å². The lowest BCUT2D eigenvalue weighted by molar-refractivity contribution is -0.115. The van der Waals surface area contributed by atoms with Crippen LogP contribution in [-0.2, 0) is 16.1 Å². The number of anilines is 1. The van der Waals surface area contributed by atoms with Crippen molar-refractivity contribution in [2.75, 3.05) is 18.5 Å². The Bertz CT molecular complexity index is 515. The second-order valence-electron chi connectivity index (χ2n) is 5.96. The summed E-state index contributed by atoms with van der Waals surface area (Å²) >= 11 is 0. The van der Waals surface area contributed by atoms with Gasteiger partial charge in [0.15, 0.2) is 0 Å². The van der Waals surface area contributed by atoms with Gasteiger partial charge in [-0.15, -0.1) is 0 Å². The van der Waals surface area contributed by atoms with Gasteiger partial charge < -0.3 is 10.1 Å². The quantitative estimate of drug-likeness (QED) is 0.848. The second kappa shape index (κ2) is 6.89. The smallest absolute Gasteiger partial charge is 0.229 e. The molecule has 1 atom stereocenters. The maximum Gasteiger partial charge on any atom is 0.229 e. The first-order valence-corrected chi connectivity index (χ1v) is 7.88. The van der Waals surface area contributed by atoms with Gasteiger partial charge in [-0.1, -0.05) is 11.6 Å². The molecule has 1 amide bonds. The van der Waals surface area contributed by atoms with Crippen molar-refractivity contribution in [1.82, 2.24) is 9.78 Å². The molecule has 0 spiro atoms. The molecule has 1 aliphatic heterocycles. The number of carbonyl (C=O) groups excluding carboxylic acids is 1. The van der Waals surface area contributed by atoms with E-state index in [9.17, 15) is 4.79 Å². The summed E-state index contributed by atoms with van der Waals surface area (Å²) in [5.74, 6) is 1.36. The first kappa shape index (κ1) is 14.3. The van der Waals surface area contributed by atoms with Gasteiger partial charge in [0.1, 0.15) is 5.82 Å². The Hall–Kier alpha value is -1.62. The molecule has 1 fully saturated rings. The van der Waals surface area contributed by atoms with Crippen molar-refractivity contribution in [3.63, 3.8) is 0 Å². The SMILES string of the molecule is O=C(CC1=CCCCC1)Nc1ccnn1C[C@H]1CCOC1. The van der Waals surface area contributed by atoms with Crippen LogP contribution in [0.15, 0.2) is 23.9 Å². The third-order valence-corrected chi connectivity index (χ3v) is 4.21. The van der Waals surface area contributed by atoms with Gasteiger partial charge in [-0.05, 0) is 32.1 Å². The first-order chi connectivity index (χ1) is 10.3. The Morgan fingerprint density at radius 1 is 1.48 bits per heavy atom. The molecule has 0 bridgehead atoms. The van der Waals surface area contributed by atoms with Crippen LogP contribution in [0.4, 0.5) is 5.82 Å². The maximum absolute atomic E-state index is 12.2. The van der Waals surface area contributed by atoms with E-state index in [1.807, 2.05) is 10.7 Å². The summed E-state index contributed by atoms with van der Waals surface area (Å²) in [6.45, 7) is 2.44. The Labute approximate surface area is 125 Å². The molecule has 0 saturated carbocycles. The summed E-state index contributed by atoms with van der Waals surface area (Å²) in [6, 6.07) is 1.86. The minimum atomic E-state index is 0.0626. The van der Waals surface area contributed by atoms with E-state index >= 15 is 0 Å². The number of hydrogen-bond donors (Lipinski definition) is 1. The zero-order valence-electron chi connectivity index (χ0n) is 12.4. The molecule has 2 aliphatic rings. The molecular weight excluding hydrogens is 266 g/mol. The van der Waals surface area contributed by atoms with Gasteiger partial charge in [-0.3, -0.25) is 4.79 Å². The summed E-state index contributed by atoms with van der Waals surface area (Å²) in [7, 11) is 0. The standard InChI is InChI=1S/C16H23N3O2/c20-16(10-13-4-2-1-3-5-13)18-15-6-8-17-19(15)11-14-7-9-21-12-14/h4,6,8,14H,1-3,5,7,9-12H2,(H,18,20)/t14-/m1/s1. The lowest BCUT2D eigenvalue weighted by atomic mass is 9.97. The van der Waals surface area contributed by atoms with Crippen LogP contribution in [0.2, 0.25) is 0 Å². The van der Waals surface area contributed by atoms with Crippen molar-refractivity contribution in [3.05, 3.63) is 23.9 Å². The number of aromatic nitrogens is 2. The van der Waals surface area contributed by atoms with Crippen molar-refractivity contribution in [1.29, 1.82) is 0 Å². The van der Waals surface area contributed by atoms with Crippen molar-refractivity contribution < 1.29 is 9.53 Å². The molecule has 0 aromatic carbocycles. The van der Waals surface area contributed by atoms with Crippen molar-refractivity contribution in [3.8, 4) is 0 Å². The highest BCUT2D eigenvalue weighted by Crippen LogP contribution is 2.21. The van der Waals surface area contributed by atoms with Gasteiger partial charge in [0.05, 0.1) is 12.8 Å². The first-order valence-electron chi connectivity index (χ1n) is 7.88. The lowest BCUT2D eigenvalue weighted by Gasteiger charge is -2.14. The molecule has 1 aliphatic carbocycles. The Morgan fingerprint density at radius 3 is 3.19 bits per heavy atom. The predicted octanol–water partition coefficient (Wildman–Crippen LogP) is 2.75. The van der Waals surface area contributed by atoms with Crippen molar-refractivity contribution in [2.24, 2.45) is 5.92 Å².